The molecule has 126 valence electrons. The van der Waals surface area contributed by atoms with Gasteiger partial charge in [0.1, 0.15) is 18.2 Å². The second-order valence-corrected chi connectivity index (χ2v) is 6.24. The van der Waals surface area contributed by atoms with E-state index in [9.17, 15) is 5.11 Å². The summed E-state index contributed by atoms with van der Waals surface area (Å²) in [5.74, 6) is 1.66. The van der Waals surface area contributed by atoms with E-state index in [0.717, 1.165) is 33.4 Å². The van der Waals surface area contributed by atoms with Crippen LogP contribution in [0.3, 0.4) is 0 Å². The molecule has 4 heteroatoms. The summed E-state index contributed by atoms with van der Waals surface area (Å²) in [6, 6.07) is 22.2. The molecular formula is C21H20N2O2. The number of imidazole rings is 1. The van der Waals surface area contributed by atoms with Crippen LogP contribution in [-0.4, -0.2) is 20.8 Å². The van der Waals surface area contributed by atoms with E-state index < -0.39 is 6.10 Å². The highest BCUT2D eigenvalue weighted by molar-refractivity contribution is 5.88. The summed E-state index contributed by atoms with van der Waals surface area (Å²) in [5, 5.41) is 12.1. The molecule has 0 aliphatic rings. The van der Waals surface area contributed by atoms with Gasteiger partial charge in [-0.25, -0.2) is 4.98 Å². The standard InChI is InChI=1S/C21H20N2O2/c1-15(24)13-23-19-11-5-4-10-18(19)22-21(23)14-25-20-12-6-8-16-7-2-3-9-17(16)20/h2-12,15,24H,13-14H2,1H3. The normalized spacial score (nSPS) is 12.6. The van der Waals surface area contributed by atoms with Gasteiger partial charge < -0.3 is 14.4 Å². The molecule has 0 saturated heterocycles. The SMILES string of the molecule is CC(O)Cn1c(COc2cccc3ccccc23)nc2ccccc21. The highest BCUT2D eigenvalue weighted by Crippen LogP contribution is 2.26. The lowest BCUT2D eigenvalue weighted by Gasteiger charge is -2.13. The van der Waals surface area contributed by atoms with Crippen LogP contribution in [0.15, 0.2) is 66.7 Å². The topological polar surface area (TPSA) is 47.3 Å². The maximum Gasteiger partial charge on any atom is 0.148 e. The number of hydrogen-bond acceptors (Lipinski definition) is 3. The van der Waals surface area contributed by atoms with Gasteiger partial charge in [-0.05, 0) is 30.5 Å². The van der Waals surface area contributed by atoms with Crippen LogP contribution in [0.25, 0.3) is 21.8 Å². The van der Waals surface area contributed by atoms with Crippen LogP contribution in [-0.2, 0) is 13.2 Å². The number of aliphatic hydroxyl groups excluding tert-OH is 1. The summed E-state index contributed by atoms with van der Waals surface area (Å²) in [7, 11) is 0. The molecular weight excluding hydrogens is 312 g/mol. The quantitative estimate of drug-likeness (QED) is 0.597. The van der Waals surface area contributed by atoms with Gasteiger partial charge in [0.15, 0.2) is 0 Å². The van der Waals surface area contributed by atoms with Gasteiger partial charge in [0, 0.05) is 5.39 Å². The largest absolute Gasteiger partial charge is 0.485 e. The summed E-state index contributed by atoms with van der Waals surface area (Å²) < 4.78 is 8.13. The fraction of sp³-hybridized carbons (Fsp3) is 0.190. The first kappa shape index (κ1) is 15.7. The molecule has 4 aromatic rings. The predicted molar refractivity (Wildman–Crippen MR) is 99.7 cm³/mol. The lowest BCUT2D eigenvalue weighted by molar-refractivity contribution is 0.171. The van der Waals surface area contributed by atoms with Gasteiger partial charge in [-0.2, -0.15) is 0 Å². The zero-order valence-electron chi connectivity index (χ0n) is 14.1. The highest BCUT2D eigenvalue weighted by Gasteiger charge is 2.13. The summed E-state index contributed by atoms with van der Waals surface area (Å²) >= 11 is 0. The van der Waals surface area contributed by atoms with Crippen LogP contribution in [0.5, 0.6) is 5.75 Å². The number of nitrogens with zero attached hydrogens (tertiary/aromatic N) is 2. The third-order valence-electron chi connectivity index (χ3n) is 4.29. The van der Waals surface area contributed by atoms with Gasteiger partial charge in [0.2, 0.25) is 0 Å². The van der Waals surface area contributed by atoms with Gasteiger partial charge in [0.05, 0.1) is 23.7 Å². The molecule has 0 aliphatic heterocycles. The summed E-state index contributed by atoms with van der Waals surface area (Å²) in [6.45, 7) is 2.63. The summed E-state index contributed by atoms with van der Waals surface area (Å²) in [4.78, 5) is 4.69. The van der Waals surface area contributed by atoms with E-state index >= 15 is 0 Å². The molecule has 0 bridgehead atoms. The molecule has 1 heterocycles. The summed E-state index contributed by atoms with van der Waals surface area (Å²) in [5.41, 5.74) is 1.93. The number of ether oxygens (including phenoxy) is 1. The number of fused-ring (bicyclic) bond motifs is 2. The molecule has 25 heavy (non-hydrogen) atoms. The van der Waals surface area contributed by atoms with E-state index in [2.05, 4.69) is 23.2 Å². The maximum absolute atomic E-state index is 9.85. The van der Waals surface area contributed by atoms with E-state index in [1.807, 2.05) is 53.1 Å². The van der Waals surface area contributed by atoms with Crippen LogP contribution in [0.1, 0.15) is 12.7 Å². The zero-order chi connectivity index (χ0) is 17.2. The highest BCUT2D eigenvalue weighted by atomic mass is 16.5. The van der Waals surface area contributed by atoms with Crippen LogP contribution in [0.4, 0.5) is 0 Å². The minimum atomic E-state index is -0.450. The van der Waals surface area contributed by atoms with Crippen molar-refractivity contribution in [2.45, 2.75) is 26.2 Å². The van der Waals surface area contributed by atoms with Gasteiger partial charge in [-0.3, -0.25) is 0 Å². The second kappa shape index (κ2) is 6.57. The number of para-hydroxylation sites is 2. The van der Waals surface area contributed by atoms with Crippen molar-refractivity contribution >= 4 is 21.8 Å². The lowest BCUT2D eigenvalue weighted by Crippen LogP contribution is -2.15. The van der Waals surface area contributed by atoms with E-state index in [4.69, 9.17) is 4.74 Å². The lowest BCUT2D eigenvalue weighted by atomic mass is 10.1. The van der Waals surface area contributed by atoms with Crippen LogP contribution in [0, 0.1) is 0 Å². The van der Waals surface area contributed by atoms with E-state index in [1.165, 1.54) is 0 Å². The number of aliphatic hydroxyl groups is 1. The number of benzene rings is 3. The Labute approximate surface area is 146 Å². The molecule has 1 atom stereocenters. The third kappa shape index (κ3) is 3.08. The zero-order valence-corrected chi connectivity index (χ0v) is 14.1. The van der Waals surface area contributed by atoms with Crippen LogP contribution < -0.4 is 4.74 Å². The Morgan fingerprint density at radius 3 is 2.64 bits per heavy atom. The van der Waals surface area contributed by atoms with E-state index in [0.29, 0.717) is 13.2 Å². The molecule has 4 nitrogen and oxygen atoms in total. The van der Waals surface area contributed by atoms with Gasteiger partial charge in [-0.1, -0.05) is 48.5 Å². The molecule has 1 N–H and O–H groups in total. The molecule has 1 aromatic heterocycles. The van der Waals surface area contributed by atoms with Crippen LogP contribution >= 0.6 is 0 Å². The fourth-order valence-electron chi connectivity index (χ4n) is 3.17. The maximum atomic E-state index is 9.85. The van der Waals surface area contributed by atoms with Crippen molar-refractivity contribution in [3.8, 4) is 5.75 Å². The van der Waals surface area contributed by atoms with Crippen molar-refractivity contribution in [1.29, 1.82) is 0 Å². The van der Waals surface area contributed by atoms with E-state index in [1.54, 1.807) is 6.92 Å². The smallest absolute Gasteiger partial charge is 0.148 e. The van der Waals surface area contributed by atoms with Gasteiger partial charge >= 0.3 is 0 Å². The Morgan fingerprint density at radius 2 is 1.76 bits per heavy atom. The van der Waals surface area contributed by atoms with Crippen molar-refractivity contribution in [2.24, 2.45) is 0 Å². The molecule has 3 aromatic carbocycles. The molecule has 4 rings (SSSR count). The Balaban J connectivity index is 1.68. The first-order valence-corrected chi connectivity index (χ1v) is 8.45. The van der Waals surface area contributed by atoms with Gasteiger partial charge in [-0.15, -0.1) is 0 Å². The van der Waals surface area contributed by atoms with Crippen LogP contribution in [0.2, 0.25) is 0 Å². The predicted octanol–water partition coefficient (Wildman–Crippen LogP) is 4.15. The van der Waals surface area contributed by atoms with Crippen molar-refractivity contribution in [2.75, 3.05) is 0 Å². The molecule has 0 amide bonds. The first-order valence-electron chi connectivity index (χ1n) is 8.45. The minimum absolute atomic E-state index is 0.357. The molecule has 0 fully saturated rings. The fourth-order valence-corrected chi connectivity index (χ4v) is 3.17. The molecule has 0 spiro atoms. The van der Waals surface area contributed by atoms with Crippen molar-refractivity contribution in [3.63, 3.8) is 0 Å². The van der Waals surface area contributed by atoms with Crippen molar-refractivity contribution in [1.82, 2.24) is 9.55 Å². The number of rotatable bonds is 5. The molecule has 0 saturated carbocycles. The molecule has 0 radical (unpaired) electrons. The van der Waals surface area contributed by atoms with Crippen molar-refractivity contribution in [3.05, 3.63) is 72.6 Å². The first-order chi connectivity index (χ1) is 12.2. The Bertz CT molecular complexity index is 1020. The number of aromatic nitrogens is 2. The second-order valence-electron chi connectivity index (χ2n) is 6.24. The average Bonchev–Trinajstić information content (AvgIpc) is 2.97. The number of hydrogen-bond donors (Lipinski definition) is 1. The van der Waals surface area contributed by atoms with Gasteiger partial charge in [0.25, 0.3) is 0 Å². The molecule has 0 aliphatic carbocycles. The van der Waals surface area contributed by atoms with Crippen molar-refractivity contribution < 1.29 is 9.84 Å². The third-order valence-corrected chi connectivity index (χ3v) is 4.29. The minimum Gasteiger partial charge on any atom is -0.485 e. The van der Waals surface area contributed by atoms with E-state index in [-0.39, 0.29) is 0 Å². The molecule has 1 unspecified atom stereocenters. The Kier molecular flexibility index (Phi) is 4.12. The summed E-state index contributed by atoms with van der Waals surface area (Å²) in [6.07, 6.45) is -0.450. The Morgan fingerprint density at radius 1 is 1.00 bits per heavy atom. The monoisotopic (exact) mass is 332 g/mol. The Hall–Kier alpha value is -2.85. The average molecular weight is 332 g/mol.